The van der Waals surface area contributed by atoms with Crippen LogP contribution in [0, 0.1) is 0 Å². The van der Waals surface area contributed by atoms with Gasteiger partial charge < -0.3 is 4.18 Å². The molecular formula is C14H10Br2O4S. The van der Waals surface area contributed by atoms with Crippen molar-refractivity contribution in [3.05, 3.63) is 57.0 Å². The molecule has 2 aromatic rings. The molecule has 4 nitrogen and oxygen atoms in total. The minimum absolute atomic E-state index is 0.00473. The first-order valence-electron chi connectivity index (χ1n) is 5.80. The van der Waals surface area contributed by atoms with Crippen molar-refractivity contribution in [1.29, 1.82) is 0 Å². The molecule has 7 heteroatoms. The normalized spacial score (nSPS) is 11.2. The Hall–Kier alpha value is -1.18. The van der Waals surface area contributed by atoms with Gasteiger partial charge >= 0.3 is 10.1 Å². The summed E-state index contributed by atoms with van der Waals surface area (Å²) in [5.41, 5.74) is 0.385. The smallest absolute Gasteiger partial charge is 0.340 e. The van der Waals surface area contributed by atoms with Crippen molar-refractivity contribution < 1.29 is 17.4 Å². The molecular weight excluding hydrogens is 424 g/mol. The van der Waals surface area contributed by atoms with E-state index in [9.17, 15) is 13.2 Å². The summed E-state index contributed by atoms with van der Waals surface area (Å²) in [6.45, 7) is 1.40. The first kappa shape index (κ1) is 16.2. The van der Waals surface area contributed by atoms with E-state index in [0.29, 0.717) is 14.5 Å². The first-order chi connectivity index (χ1) is 9.79. The number of hydrogen-bond donors (Lipinski definition) is 0. The number of hydrogen-bond acceptors (Lipinski definition) is 4. The maximum atomic E-state index is 12.3. The van der Waals surface area contributed by atoms with E-state index in [0.717, 1.165) is 0 Å². The van der Waals surface area contributed by atoms with Crippen LogP contribution in [0.2, 0.25) is 0 Å². The van der Waals surface area contributed by atoms with Gasteiger partial charge in [0.05, 0.1) is 0 Å². The summed E-state index contributed by atoms with van der Waals surface area (Å²) in [4.78, 5) is 11.3. The van der Waals surface area contributed by atoms with Crippen molar-refractivity contribution in [3.8, 4) is 5.75 Å². The van der Waals surface area contributed by atoms with Crippen LogP contribution in [0.1, 0.15) is 17.3 Å². The van der Waals surface area contributed by atoms with E-state index in [1.165, 1.54) is 25.1 Å². The Balaban J connectivity index is 2.40. The minimum Gasteiger partial charge on any atom is -0.379 e. The van der Waals surface area contributed by atoms with Crippen LogP contribution in [0.15, 0.2) is 56.3 Å². The lowest BCUT2D eigenvalue weighted by molar-refractivity contribution is 0.101. The van der Waals surface area contributed by atoms with E-state index < -0.39 is 10.1 Å². The molecule has 0 bridgehead atoms. The average molecular weight is 434 g/mol. The fraction of sp³-hybridized carbons (Fsp3) is 0.0714. The van der Waals surface area contributed by atoms with Gasteiger partial charge in [0.25, 0.3) is 0 Å². The van der Waals surface area contributed by atoms with Crippen LogP contribution in [0.25, 0.3) is 0 Å². The predicted molar refractivity (Wildman–Crippen MR) is 86.1 cm³/mol. The average Bonchev–Trinajstić information content (AvgIpc) is 2.41. The van der Waals surface area contributed by atoms with Crippen LogP contribution in [-0.4, -0.2) is 14.2 Å². The van der Waals surface area contributed by atoms with E-state index in [4.69, 9.17) is 4.18 Å². The first-order valence-corrected chi connectivity index (χ1v) is 8.79. The van der Waals surface area contributed by atoms with Crippen LogP contribution >= 0.6 is 31.9 Å². The molecule has 0 spiro atoms. The summed E-state index contributed by atoms with van der Waals surface area (Å²) < 4.78 is 30.7. The molecule has 0 aromatic heterocycles. The molecule has 0 N–H and O–H groups in total. The van der Waals surface area contributed by atoms with Crippen LogP contribution in [0.3, 0.4) is 0 Å². The zero-order chi connectivity index (χ0) is 15.6. The highest BCUT2D eigenvalue weighted by Crippen LogP contribution is 2.28. The monoisotopic (exact) mass is 432 g/mol. The summed E-state index contributed by atoms with van der Waals surface area (Å²) in [5.74, 6) is -0.0731. The SMILES string of the molecule is CC(=O)c1cccc(OS(=O)(=O)c2cc(Br)ccc2Br)c1. The fourth-order valence-electron chi connectivity index (χ4n) is 1.61. The Bertz CT molecular complexity index is 800. The maximum absolute atomic E-state index is 12.3. The molecule has 2 rings (SSSR count). The Morgan fingerprint density at radius 2 is 1.81 bits per heavy atom. The second-order valence-electron chi connectivity index (χ2n) is 4.20. The van der Waals surface area contributed by atoms with E-state index in [2.05, 4.69) is 31.9 Å². The molecule has 2 aromatic carbocycles. The standard InChI is InChI=1S/C14H10Br2O4S/c1-9(17)10-3-2-4-12(7-10)20-21(18,19)14-8-11(15)5-6-13(14)16/h2-8H,1H3. The molecule has 0 unspecified atom stereocenters. The summed E-state index contributed by atoms with van der Waals surface area (Å²) in [7, 11) is -4.00. The van der Waals surface area contributed by atoms with Crippen LogP contribution in [0.5, 0.6) is 5.75 Å². The molecule has 0 radical (unpaired) electrons. The van der Waals surface area contributed by atoms with Crippen molar-refractivity contribution in [3.63, 3.8) is 0 Å². The summed E-state index contributed by atoms with van der Waals surface area (Å²) in [5, 5.41) is 0. The number of rotatable bonds is 4. The van der Waals surface area contributed by atoms with Gasteiger partial charge in [-0.25, -0.2) is 0 Å². The quantitative estimate of drug-likeness (QED) is 0.535. The number of carbonyl (C=O) groups is 1. The Morgan fingerprint density at radius 1 is 1.10 bits per heavy atom. The topological polar surface area (TPSA) is 60.4 Å². The van der Waals surface area contributed by atoms with Gasteiger partial charge in [0.2, 0.25) is 0 Å². The Kier molecular flexibility index (Phi) is 4.85. The number of ketones is 1. The van der Waals surface area contributed by atoms with Crippen LogP contribution in [-0.2, 0) is 10.1 Å². The third-order valence-electron chi connectivity index (χ3n) is 2.61. The Labute approximate surface area is 139 Å². The van der Waals surface area contributed by atoms with E-state index in [1.54, 1.807) is 24.3 Å². The second kappa shape index (κ2) is 6.29. The number of carbonyl (C=O) groups excluding carboxylic acids is 1. The zero-order valence-electron chi connectivity index (χ0n) is 10.8. The summed E-state index contributed by atoms with van der Waals surface area (Å²) in [6.07, 6.45) is 0. The van der Waals surface area contributed by atoms with Gasteiger partial charge in [-0.15, -0.1) is 0 Å². The molecule has 0 atom stereocenters. The molecule has 0 saturated heterocycles. The summed E-state index contributed by atoms with van der Waals surface area (Å²) >= 11 is 6.40. The lowest BCUT2D eigenvalue weighted by Gasteiger charge is -2.09. The molecule has 0 amide bonds. The van der Waals surface area contributed by atoms with Crippen LogP contribution in [0.4, 0.5) is 0 Å². The number of Topliss-reactive ketones (excluding diaryl/α,β-unsaturated/α-hetero) is 1. The van der Waals surface area contributed by atoms with E-state index in [1.807, 2.05) is 0 Å². The Morgan fingerprint density at radius 3 is 2.48 bits per heavy atom. The second-order valence-corrected chi connectivity index (χ2v) is 7.48. The summed E-state index contributed by atoms with van der Waals surface area (Å²) in [6, 6.07) is 10.8. The van der Waals surface area contributed by atoms with Gasteiger partial charge in [-0.05, 0) is 53.2 Å². The van der Waals surface area contributed by atoms with Crippen molar-refractivity contribution in [2.45, 2.75) is 11.8 Å². The molecule has 0 fully saturated rings. The largest absolute Gasteiger partial charge is 0.379 e. The van der Waals surface area contributed by atoms with Crippen molar-refractivity contribution >= 4 is 47.8 Å². The molecule has 0 aliphatic carbocycles. The van der Waals surface area contributed by atoms with Crippen molar-refractivity contribution in [2.75, 3.05) is 0 Å². The van der Waals surface area contributed by atoms with Crippen LogP contribution < -0.4 is 4.18 Å². The van der Waals surface area contributed by atoms with E-state index in [-0.39, 0.29) is 16.4 Å². The molecule has 110 valence electrons. The molecule has 21 heavy (non-hydrogen) atoms. The van der Waals surface area contributed by atoms with Crippen molar-refractivity contribution in [2.24, 2.45) is 0 Å². The molecule has 0 aliphatic rings. The van der Waals surface area contributed by atoms with Gasteiger partial charge in [0, 0.05) is 14.5 Å². The van der Waals surface area contributed by atoms with Gasteiger partial charge in [0.1, 0.15) is 10.6 Å². The highest BCUT2D eigenvalue weighted by atomic mass is 79.9. The maximum Gasteiger partial charge on any atom is 0.340 e. The zero-order valence-corrected chi connectivity index (χ0v) is 14.8. The lowest BCUT2D eigenvalue weighted by atomic mass is 10.1. The van der Waals surface area contributed by atoms with Gasteiger partial charge in [-0.3, -0.25) is 4.79 Å². The fourth-order valence-corrected chi connectivity index (χ4v) is 3.99. The molecule has 0 heterocycles. The third kappa shape index (κ3) is 3.93. The number of benzene rings is 2. The third-order valence-corrected chi connectivity index (χ3v) is 5.34. The van der Waals surface area contributed by atoms with Gasteiger partial charge in [-0.1, -0.05) is 28.1 Å². The van der Waals surface area contributed by atoms with Gasteiger partial charge in [-0.2, -0.15) is 8.42 Å². The molecule has 0 aliphatic heterocycles. The lowest BCUT2D eigenvalue weighted by Crippen LogP contribution is -2.11. The molecule has 0 saturated carbocycles. The number of halogens is 2. The minimum atomic E-state index is -4.00. The highest BCUT2D eigenvalue weighted by Gasteiger charge is 2.20. The predicted octanol–water partition coefficient (Wildman–Crippen LogP) is 4.18. The van der Waals surface area contributed by atoms with E-state index >= 15 is 0 Å². The van der Waals surface area contributed by atoms with Crippen molar-refractivity contribution in [1.82, 2.24) is 0 Å². The highest BCUT2D eigenvalue weighted by molar-refractivity contribution is 9.11. The van der Waals surface area contributed by atoms with Gasteiger partial charge in [0.15, 0.2) is 5.78 Å².